The van der Waals surface area contributed by atoms with E-state index < -0.39 is 10.0 Å². The van der Waals surface area contributed by atoms with Gasteiger partial charge in [0.15, 0.2) is 10.8 Å². The molecule has 1 aliphatic rings. The zero-order chi connectivity index (χ0) is 15.2. The molecule has 21 heavy (non-hydrogen) atoms. The number of likely N-dealkylation sites (N-methyl/N-ethyl adjacent to an activating group) is 1. The van der Waals surface area contributed by atoms with Crippen LogP contribution in [-0.4, -0.2) is 59.7 Å². The molecule has 1 saturated heterocycles. The summed E-state index contributed by atoms with van der Waals surface area (Å²) in [4.78, 5) is 6.28. The normalized spacial score (nSPS) is 21.9. The van der Waals surface area contributed by atoms with Gasteiger partial charge in [0.1, 0.15) is 5.65 Å². The summed E-state index contributed by atoms with van der Waals surface area (Å²) in [6.45, 7) is 3.64. The van der Waals surface area contributed by atoms with Gasteiger partial charge in [-0.15, -0.1) is 0 Å². The Labute approximate surface area is 124 Å². The number of imidazole rings is 1. The summed E-state index contributed by atoms with van der Waals surface area (Å²) in [5.74, 6) is 0.0489. The Morgan fingerprint density at radius 3 is 2.81 bits per heavy atom. The van der Waals surface area contributed by atoms with Crippen molar-refractivity contribution in [3.8, 4) is 0 Å². The summed E-state index contributed by atoms with van der Waals surface area (Å²) >= 11 is 0. The SMILES string of the molecule is CC1CN(S(=O)(=O)c2c(N)nc3ccccn23)CCN1C. The van der Waals surface area contributed by atoms with Gasteiger partial charge in [0, 0.05) is 31.9 Å². The summed E-state index contributed by atoms with van der Waals surface area (Å²) in [6.07, 6.45) is 1.67. The average molecular weight is 309 g/mol. The van der Waals surface area contributed by atoms with Gasteiger partial charge in [-0.1, -0.05) is 6.07 Å². The fourth-order valence-corrected chi connectivity index (χ4v) is 4.30. The van der Waals surface area contributed by atoms with Gasteiger partial charge in [-0.2, -0.15) is 4.31 Å². The molecule has 1 unspecified atom stereocenters. The minimum Gasteiger partial charge on any atom is -0.381 e. The Bertz CT molecular complexity index is 770. The second kappa shape index (κ2) is 4.97. The molecule has 7 nitrogen and oxygen atoms in total. The van der Waals surface area contributed by atoms with Crippen molar-refractivity contribution >= 4 is 21.5 Å². The van der Waals surface area contributed by atoms with Crippen LogP contribution >= 0.6 is 0 Å². The van der Waals surface area contributed by atoms with Crippen LogP contribution in [0.1, 0.15) is 6.92 Å². The molecule has 1 fully saturated rings. The first-order valence-electron chi connectivity index (χ1n) is 6.84. The number of pyridine rings is 1. The monoisotopic (exact) mass is 309 g/mol. The highest BCUT2D eigenvalue weighted by atomic mass is 32.2. The van der Waals surface area contributed by atoms with E-state index in [9.17, 15) is 8.42 Å². The molecule has 3 heterocycles. The van der Waals surface area contributed by atoms with Gasteiger partial charge < -0.3 is 10.6 Å². The molecule has 1 aliphatic heterocycles. The van der Waals surface area contributed by atoms with E-state index in [4.69, 9.17) is 5.73 Å². The summed E-state index contributed by atoms with van der Waals surface area (Å²) < 4.78 is 28.8. The van der Waals surface area contributed by atoms with E-state index in [1.807, 2.05) is 14.0 Å². The lowest BCUT2D eigenvalue weighted by molar-refractivity contribution is 0.159. The van der Waals surface area contributed by atoms with Crippen molar-refractivity contribution in [3.63, 3.8) is 0 Å². The van der Waals surface area contributed by atoms with Gasteiger partial charge >= 0.3 is 0 Å². The molecule has 2 N–H and O–H groups in total. The molecule has 8 heteroatoms. The highest BCUT2D eigenvalue weighted by molar-refractivity contribution is 7.89. The maximum Gasteiger partial charge on any atom is 0.262 e. The lowest BCUT2D eigenvalue weighted by Crippen LogP contribution is -2.52. The molecular weight excluding hydrogens is 290 g/mol. The van der Waals surface area contributed by atoms with Crippen LogP contribution in [0.4, 0.5) is 5.82 Å². The molecular formula is C13H19N5O2S. The van der Waals surface area contributed by atoms with Crippen LogP contribution in [0.3, 0.4) is 0 Å². The molecule has 2 aromatic heterocycles. The van der Waals surface area contributed by atoms with Crippen LogP contribution in [-0.2, 0) is 10.0 Å². The van der Waals surface area contributed by atoms with Gasteiger partial charge in [-0.3, -0.25) is 4.40 Å². The van der Waals surface area contributed by atoms with Gasteiger partial charge in [-0.05, 0) is 26.1 Å². The number of nitrogens with zero attached hydrogens (tertiary/aromatic N) is 4. The van der Waals surface area contributed by atoms with E-state index in [1.165, 1.54) is 8.71 Å². The molecule has 0 saturated carbocycles. The molecule has 0 radical (unpaired) electrons. The van der Waals surface area contributed by atoms with E-state index in [1.54, 1.807) is 24.4 Å². The standard InChI is InChI=1S/C13H19N5O2S/c1-10-9-17(8-7-16(10)2)21(19,20)13-12(14)15-11-5-3-4-6-18(11)13/h3-6,10H,7-9,14H2,1-2H3. The first-order chi connectivity index (χ1) is 9.91. The van der Waals surface area contributed by atoms with Crippen molar-refractivity contribution in [3.05, 3.63) is 24.4 Å². The van der Waals surface area contributed by atoms with Crippen LogP contribution in [0.2, 0.25) is 0 Å². The highest BCUT2D eigenvalue weighted by Crippen LogP contribution is 2.25. The van der Waals surface area contributed by atoms with Crippen LogP contribution in [0, 0.1) is 0 Å². The zero-order valence-electron chi connectivity index (χ0n) is 12.1. The van der Waals surface area contributed by atoms with Crippen molar-refractivity contribution in [1.82, 2.24) is 18.6 Å². The first-order valence-corrected chi connectivity index (χ1v) is 8.28. The smallest absolute Gasteiger partial charge is 0.262 e. The maximum atomic E-state index is 12.9. The Balaban J connectivity index is 2.07. The van der Waals surface area contributed by atoms with Gasteiger partial charge in [0.2, 0.25) is 0 Å². The molecule has 0 amide bonds. The van der Waals surface area contributed by atoms with Gasteiger partial charge in [0.05, 0.1) is 0 Å². The summed E-state index contributed by atoms with van der Waals surface area (Å²) in [5, 5.41) is 0.0647. The predicted molar refractivity (Wildman–Crippen MR) is 80.5 cm³/mol. The van der Waals surface area contributed by atoms with Crippen molar-refractivity contribution in [1.29, 1.82) is 0 Å². The topological polar surface area (TPSA) is 83.9 Å². The second-order valence-corrected chi connectivity index (χ2v) is 7.28. The molecule has 0 bridgehead atoms. The van der Waals surface area contributed by atoms with E-state index >= 15 is 0 Å². The number of hydrogen-bond acceptors (Lipinski definition) is 5. The highest BCUT2D eigenvalue weighted by Gasteiger charge is 2.34. The zero-order valence-corrected chi connectivity index (χ0v) is 12.9. The molecule has 0 spiro atoms. The summed E-state index contributed by atoms with van der Waals surface area (Å²) in [6, 6.07) is 5.48. The van der Waals surface area contributed by atoms with Crippen LogP contribution < -0.4 is 5.73 Å². The van der Waals surface area contributed by atoms with E-state index in [2.05, 4.69) is 9.88 Å². The number of nitrogens with two attached hydrogens (primary N) is 1. The molecule has 0 aliphatic carbocycles. The third kappa shape index (κ3) is 2.29. The largest absolute Gasteiger partial charge is 0.381 e. The number of piperazine rings is 1. The third-order valence-electron chi connectivity index (χ3n) is 4.02. The fourth-order valence-electron chi connectivity index (χ4n) is 2.60. The number of sulfonamides is 1. The van der Waals surface area contributed by atoms with Crippen LogP contribution in [0.25, 0.3) is 5.65 Å². The number of rotatable bonds is 2. The van der Waals surface area contributed by atoms with E-state index in [-0.39, 0.29) is 16.9 Å². The van der Waals surface area contributed by atoms with E-state index in [0.717, 1.165) is 0 Å². The van der Waals surface area contributed by atoms with Crippen molar-refractivity contribution in [2.45, 2.75) is 18.0 Å². The summed E-state index contributed by atoms with van der Waals surface area (Å²) in [7, 11) is -1.65. The average Bonchev–Trinajstić information content (AvgIpc) is 2.78. The minimum absolute atomic E-state index is 0.0489. The van der Waals surface area contributed by atoms with Crippen LogP contribution in [0.5, 0.6) is 0 Å². The fraction of sp³-hybridized carbons (Fsp3) is 0.462. The minimum atomic E-state index is -3.65. The number of aromatic nitrogens is 2. The Kier molecular flexibility index (Phi) is 3.39. The molecule has 1 atom stereocenters. The quantitative estimate of drug-likeness (QED) is 0.859. The Hall–Kier alpha value is -1.64. The van der Waals surface area contributed by atoms with Crippen molar-refractivity contribution in [2.24, 2.45) is 0 Å². The lowest BCUT2D eigenvalue weighted by Gasteiger charge is -2.36. The van der Waals surface area contributed by atoms with Gasteiger partial charge in [0.25, 0.3) is 10.0 Å². The molecule has 3 rings (SSSR count). The summed E-state index contributed by atoms with van der Waals surface area (Å²) in [5.41, 5.74) is 6.40. The second-order valence-electron chi connectivity index (χ2n) is 5.42. The first kappa shape index (κ1) is 14.3. The number of anilines is 1. The van der Waals surface area contributed by atoms with E-state index in [0.29, 0.717) is 25.3 Å². The lowest BCUT2D eigenvalue weighted by atomic mass is 10.2. The number of hydrogen-bond donors (Lipinski definition) is 1. The Morgan fingerprint density at radius 1 is 1.33 bits per heavy atom. The number of fused-ring (bicyclic) bond motifs is 1. The molecule has 114 valence electrons. The predicted octanol–water partition coefficient (Wildman–Crippen LogP) is 0.241. The Morgan fingerprint density at radius 2 is 2.10 bits per heavy atom. The van der Waals surface area contributed by atoms with Gasteiger partial charge in [-0.25, -0.2) is 13.4 Å². The maximum absolute atomic E-state index is 12.9. The van der Waals surface area contributed by atoms with Crippen molar-refractivity contribution < 1.29 is 8.42 Å². The third-order valence-corrected chi connectivity index (χ3v) is 5.92. The molecule has 2 aromatic rings. The van der Waals surface area contributed by atoms with Crippen molar-refractivity contribution in [2.75, 3.05) is 32.4 Å². The molecule has 0 aromatic carbocycles. The van der Waals surface area contributed by atoms with Crippen LogP contribution in [0.15, 0.2) is 29.4 Å². The number of nitrogen functional groups attached to an aromatic ring is 1.